The van der Waals surface area contributed by atoms with Crippen molar-refractivity contribution < 1.29 is 14.3 Å². The molecule has 0 aliphatic carbocycles. The van der Waals surface area contributed by atoms with Gasteiger partial charge in [-0.25, -0.2) is 0 Å². The van der Waals surface area contributed by atoms with Crippen molar-refractivity contribution in [3.05, 3.63) is 51.3 Å². The summed E-state index contributed by atoms with van der Waals surface area (Å²) < 4.78 is 6.37. The van der Waals surface area contributed by atoms with Gasteiger partial charge in [-0.3, -0.25) is 9.59 Å². The number of hydrogen-bond acceptors (Lipinski definition) is 3. The van der Waals surface area contributed by atoms with E-state index in [-0.39, 0.29) is 18.2 Å². The summed E-state index contributed by atoms with van der Waals surface area (Å²) in [5, 5.41) is 0. The maximum absolute atomic E-state index is 12.2. The van der Waals surface area contributed by atoms with Crippen LogP contribution in [0.1, 0.15) is 39.0 Å². The van der Waals surface area contributed by atoms with E-state index < -0.39 is 0 Å². The molecule has 0 aliphatic rings. The van der Waals surface area contributed by atoms with E-state index in [0.29, 0.717) is 28.3 Å². The first-order valence-electron chi connectivity index (χ1n) is 6.51. The van der Waals surface area contributed by atoms with Crippen LogP contribution in [0.5, 0.6) is 5.75 Å². The maximum Gasteiger partial charge on any atom is 0.216 e. The molecule has 0 unspecified atom stereocenters. The Labute approximate surface area is 131 Å². The fourth-order valence-corrected chi connectivity index (χ4v) is 2.71. The van der Waals surface area contributed by atoms with Crippen LogP contribution in [0.15, 0.2) is 28.7 Å². The number of ketones is 2. The van der Waals surface area contributed by atoms with Crippen LogP contribution in [-0.2, 0) is 0 Å². The molecule has 1 N–H and O–H groups in total. The molecule has 2 rings (SSSR count). The Balaban J connectivity index is 2.14. The minimum atomic E-state index is -0.178. The van der Waals surface area contributed by atoms with Crippen molar-refractivity contribution in [1.82, 2.24) is 4.98 Å². The Bertz CT molecular complexity index is 704. The van der Waals surface area contributed by atoms with Gasteiger partial charge in [-0.2, -0.15) is 0 Å². The molecular weight excluding hydrogens is 334 g/mol. The average Bonchev–Trinajstić information content (AvgIpc) is 2.71. The van der Waals surface area contributed by atoms with Crippen molar-refractivity contribution in [2.75, 3.05) is 6.61 Å². The molecule has 0 saturated carbocycles. The summed E-state index contributed by atoms with van der Waals surface area (Å²) in [6, 6.07) is 7.29. The predicted molar refractivity (Wildman–Crippen MR) is 84.2 cm³/mol. The minimum absolute atomic E-state index is 0.0480. The second-order valence-electron chi connectivity index (χ2n) is 4.85. The van der Waals surface area contributed by atoms with Crippen LogP contribution in [0, 0.1) is 13.8 Å². The van der Waals surface area contributed by atoms with Gasteiger partial charge in [0.05, 0.1) is 5.69 Å². The van der Waals surface area contributed by atoms with E-state index in [4.69, 9.17) is 4.74 Å². The van der Waals surface area contributed by atoms with E-state index >= 15 is 0 Å². The number of carbonyl (C=O) groups is 2. The van der Waals surface area contributed by atoms with Gasteiger partial charge in [0.15, 0.2) is 12.4 Å². The minimum Gasteiger partial charge on any atom is -0.485 e. The molecule has 1 heterocycles. The third-order valence-electron chi connectivity index (χ3n) is 3.23. The molecule has 0 aliphatic heterocycles. The smallest absolute Gasteiger partial charge is 0.216 e. The summed E-state index contributed by atoms with van der Waals surface area (Å²) in [5.74, 6) is 0.390. The molecule has 4 nitrogen and oxygen atoms in total. The maximum atomic E-state index is 12.2. The van der Waals surface area contributed by atoms with Crippen molar-refractivity contribution in [2.45, 2.75) is 20.8 Å². The van der Waals surface area contributed by atoms with E-state index in [2.05, 4.69) is 20.9 Å². The van der Waals surface area contributed by atoms with Gasteiger partial charge in [-0.05, 0) is 44.5 Å². The highest BCUT2D eigenvalue weighted by molar-refractivity contribution is 9.10. The zero-order chi connectivity index (χ0) is 15.6. The molecule has 0 spiro atoms. The topological polar surface area (TPSA) is 59.2 Å². The Morgan fingerprint density at radius 3 is 2.57 bits per heavy atom. The number of nitrogens with one attached hydrogen (secondary N) is 1. The van der Waals surface area contributed by atoms with Crippen LogP contribution in [0.4, 0.5) is 0 Å². The van der Waals surface area contributed by atoms with Crippen molar-refractivity contribution >= 4 is 27.5 Å². The fraction of sp³-hybridized carbons (Fsp3) is 0.250. The molecule has 0 radical (unpaired) electrons. The molecule has 0 saturated heterocycles. The van der Waals surface area contributed by atoms with Gasteiger partial charge in [-0.1, -0.05) is 22.0 Å². The average molecular weight is 350 g/mol. The predicted octanol–water partition coefficient (Wildman–Crippen LogP) is 3.86. The number of hydrogen-bond donors (Lipinski definition) is 1. The van der Waals surface area contributed by atoms with Gasteiger partial charge in [0, 0.05) is 15.7 Å². The third kappa shape index (κ3) is 3.42. The molecular formula is C16H16BrNO3. The summed E-state index contributed by atoms with van der Waals surface area (Å²) in [6.45, 7) is 4.98. The second kappa shape index (κ2) is 6.26. The van der Waals surface area contributed by atoms with E-state index in [1.54, 1.807) is 26.0 Å². The van der Waals surface area contributed by atoms with Gasteiger partial charge in [-0.15, -0.1) is 0 Å². The monoisotopic (exact) mass is 349 g/mol. The fourth-order valence-electron chi connectivity index (χ4n) is 2.33. The normalized spacial score (nSPS) is 10.5. The highest BCUT2D eigenvalue weighted by atomic mass is 79.9. The number of carbonyl (C=O) groups excluding carboxylic acids is 2. The van der Waals surface area contributed by atoms with Gasteiger partial charge in [0.1, 0.15) is 5.75 Å². The molecule has 5 heteroatoms. The quantitative estimate of drug-likeness (QED) is 0.833. The van der Waals surface area contributed by atoms with Crippen LogP contribution in [0.3, 0.4) is 0 Å². The number of H-pyrrole nitrogens is 1. The molecule has 21 heavy (non-hydrogen) atoms. The standard InChI is InChI=1S/C16H16BrNO3/c1-9-15(11(3)19)10(2)18-16(9)14(20)8-21-13-6-4-5-12(17)7-13/h4-7,18H,8H2,1-3H3. The first-order chi connectivity index (χ1) is 9.90. The van der Waals surface area contributed by atoms with Gasteiger partial charge in [0.2, 0.25) is 5.78 Å². The van der Waals surface area contributed by atoms with Gasteiger partial charge < -0.3 is 9.72 Å². The molecule has 0 amide bonds. The Kier molecular flexibility index (Phi) is 4.63. The lowest BCUT2D eigenvalue weighted by atomic mass is 10.1. The largest absolute Gasteiger partial charge is 0.485 e. The zero-order valence-corrected chi connectivity index (χ0v) is 13.7. The molecule has 110 valence electrons. The SMILES string of the molecule is CC(=O)c1c(C)[nH]c(C(=O)COc2cccc(Br)c2)c1C. The number of aromatic amines is 1. The van der Waals surface area contributed by atoms with Crippen molar-refractivity contribution in [2.24, 2.45) is 0 Å². The van der Waals surface area contributed by atoms with Gasteiger partial charge in [0.25, 0.3) is 0 Å². The Morgan fingerprint density at radius 2 is 2.00 bits per heavy atom. The molecule has 1 aromatic carbocycles. The lowest BCUT2D eigenvalue weighted by Gasteiger charge is -2.05. The lowest BCUT2D eigenvalue weighted by Crippen LogP contribution is -2.13. The number of Topliss-reactive ketones (excluding diaryl/α,β-unsaturated/α-hetero) is 2. The number of ether oxygens (including phenoxy) is 1. The van der Waals surface area contributed by atoms with Crippen LogP contribution in [0.25, 0.3) is 0 Å². The number of halogens is 1. The lowest BCUT2D eigenvalue weighted by molar-refractivity contribution is 0.0916. The zero-order valence-electron chi connectivity index (χ0n) is 12.1. The van der Waals surface area contributed by atoms with Crippen LogP contribution < -0.4 is 4.74 Å². The van der Waals surface area contributed by atoms with E-state index in [0.717, 1.165) is 4.47 Å². The van der Waals surface area contributed by atoms with Crippen LogP contribution in [-0.4, -0.2) is 23.2 Å². The molecule has 2 aromatic rings. The second-order valence-corrected chi connectivity index (χ2v) is 5.77. The molecule has 0 bridgehead atoms. The van der Waals surface area contributed by atoms with Crippen molar-refractivity contribution in [3.63, 3.8) is 0 Å². The molecule has 0 atom stereocenters. The summed E-state index contributed by atoms with van der Waals surface area (Å²) in [5.41, 5.74) is 2.42. The third-order valence-corrected chi connectivity index (χ3v) is 3.73. The van der Waals surface area contributed by atoms with E-state index in [1.807, 2.05) is 12.1 Å². The van der Waals surface area contributed by atoms with E-state index in [9.17, 15) is 9.59 Å². The highest BCUT2D eigenvalue weighted by Crippen LogP contribution is 2.20. The van der Waals surface area contributed by atoms with Crippen LogP contribution >= 0.6 is 15.9 Å². The summed E-state index contributed by atoms with van der Waals surface area (Å²) in [4.78, 5) is 26.8. The Morgan fingerprint density at radius 1 is 1.29 bits per heavy atom. The van der Waals surface area contributed by atoms with Crippen molar-refractivity contribution in [3.8, 4) is 5.75 Å². The highest BCUT2D eigenvalue weighted by Gasteiger charge is 2.19. The number of aromatic nitrogens is 1. The Hall–Kier alpha value is -1.88. The van der Waals surface area contributed by atoms with Crippen molar-refractivity contribution in [1.29, 1.82) is 0 Å². The first kappa shape index (κ1) is 15.5. The summed E-state index contributed by atoms with van der Waals surface area (Å²) >= 11 is 3.35. The number of aryl methyl sites for hydroxylation is 1. The van der Waals surface area contributed by atoms with Gasteiger partial charge >= 0.3 is 0 Å². The summed E-state index contributed by atoms with van der Waals surface area (Å²) in [6.07, 6.45) is 0. The van der Waals surface area contributed by atoms with Crippen LogP contribution in [0.2, 0.25) is 0 Å². The molecule has 1 aromatic heterocycles. The number of benzene rings is 1. The van der Waals surface area contributed by atoms with E-state index in [1.165, 1.54) is 6.92 Å². The molecule has 0 fully saturated rings. The summed E-state index contributed by atoms with van der Waals surface area (Å²) in [7, 11) is 0. The number of rotatable bonds is 5. The first-order valence-corrected chi connectivity index (χ1v) is 7.31.